The number of thioether (sulfide) groups is 1. The summed E-state index contributed by atoms with van der Waals surface area (Å²) in [5.74, 6) is 0.683. The van der Waals surface area contributed by atoms with Gasteiger partial charge in [0, 0.05) is 18.1 Å². The van der Waals surface area contributed by atoms with E-state index < -0.39 is 0 Å². The van der Waals surface area contributed by atoms with Gasteiger partial charge in [-0.05, 0) is 42.0 Å². The molecule has 0 atom stereocenters. The fraction of sp³-hybridized carbons (Fsp3) is 0.0667. The molecule has 0 bridgehead atoms. The number of hydrogen-bond donors (Lipinski definition) is 1. The molecular formula is C15H12N2O2S2. The van der Waals surface area contributed by atoms with Crippen molar-refractivity contribution in [1.29, 1.82) is 0 Å². The van der Waals surface area contributed by atoms with Crippen LogP contribution in [-0.4, -0.2) is 21.9 Å². The molecule has 1 fully saturated rings. The summed E-state index contributed by atoms with van der Waals surface area (Å²) in [6.45, 7) is 0. The Morgan fingerprint density at radius 3 is 2.67 bits per heavy atom. The first-order chi connectivity index (χ1) is 10.2. The van der Waals surface area contributed by atoms with Crippen LogP contribution in [0, 0.1) is 0 Å². The molecular weight excluding hydrogens is 304 g/mol. The molecule has 1 N–H and O–H groups in total. The number of ether oxygens (including phenoxy) is 1. The molecule has 0 spiro atoms. The summed E-state index contributed by atoms with van der Waals surface area (Å²) in [6.07, 6.45) is 5.74. The van der Waals surface area contributed by atoms with E-state index in [4.69, 9.17) is 17.0 Å². The summed E-state index contributed by atoms with van der Waals surface area (Å²) in [5.41, 5.74) is 1.98. The molecule has 1 saturated heterocycles. The van der Waals surface area contributed by atoms with Crippen LogP contribution in [0.2, 0.25) is 0 Å². The van der Waals surface area contributed by atoms with Gasteiger partial charge in [-0.3, -0.25) is 4.79 Å². The van der Waals surface area contributed by atoms with E-state index in [1.165, 1.54) is 11.8 Å². The lowest BCUT2D eigenvalue weighted by Gasteiger charge is -2.04. The number of thiocarbonyl (C=S) groups is 1. The predicted octanol–water partition coefficient (Wildman–Crippen LogP) is 2.97. The van der Waals surface area contributed by atoms with E-state index in [2.05, 4.69) is 5.32 Å². The number of hydrogen-bond acceptors (Lipinski definition) is 4. The van der Waals surface area contributed by atoms with E-state index in [-0.39, 0.29) is 5.91 Å². The third-order valence-electron chi connectivity index (χ3n) is 3.03. The fourth-order valence-electron chi connectivity index (χ4n) is 1.99. The normalized spacial score (nSPS) is 16.3. The van der Waals surface area contributed by atoms with Crippen molar-refractivity contribution in [3.05, 3.63) is 53.2 Å². The smallest absolute Gasteiger partial charge is 0.263 e. The second-order valence-corrected chi connectivity index (χ2v) is 6.12. The Bertz CT molecular complexity index is 732. The second-order valence-electron chi connectivity index (χ2n) is 4.40. The summed E-state index contributed by atoms with van der Waals surface area (Å²) < 4.78 is 7.63. The highest BCUT2D eigenvalue weighted by Gasteiger charge is 2.21. The Morgan fingerprint density at radius 2 is 2.05 bits per heavy atom. The molecule has 0 saturated carbocycles. The highest BCUT2D eigenvalue weighted by atomic mass is 32.2. The molecule has 2 aromatic rings. The zero-order valence-corrected chi connectivity index (χ0v) is 12.8. The zero-order valence-electron chi connectivity index (χ0n) is 11.2. The van der Waals surface area contributed by atoms with Crippen LogP contribution in [-0.2, 0) is 4.79 Å². The molecule has 106 valence electrons. The van der Waals surface area contributed by atoms with Gasteiger partial charge in [0.15, 0.2) is 0 Å². The topological polar surface area (TPSA) is 43.3 Å². The lowest BCUT2D eigenvalue weighted by molar-refractivity contribution is -0.115. The molecule has 1 amide bonds. The number of methoxy groups -OCH3 is 1. The van der Waals surface area contributed by atoms with Crippen LogP contribution >= 0.6 is 24.0 Å². The minimum Gasteiger partial charge on any atom is -0.497 e. The number of nitrogens with one attached hydrogen (secondary N) is 1. The maximum Gasteiger partial charge on any atom is 0.263 e. The van der Waals surface area contributed by atoms with Gasteiger partial charge in [0.25, 0.3) is 5.91 Å². The summed E-state index contributed by atoms with van der Waals surface area (Å²) in [5, 5.41) is 2.60. The summed E-state index contributed by atoms with van der Waals surface area (Å²) in [4.78, 5) is 12.2. The van der Waals surface area contributed by atoms with Crippen molar-refractivity contribution in [3.63, 3.8) is 0 Å². The Balaban J connectivity index is 1.84. The minimum absolute atomic E-state index is 0.137. The van der Waals surface area contributed by atoms with Gasteiger partial charge < -0.3 is 14.6 Å². The molecule has 2 heterocycles. The van der Waals surface area contributed by atoms with Crippen LogP contribution in [0.25, 0.3) is 11.8 Å². The number of amides is 1. The maximum absolute atomic E-state index is 11.6. The van der Waals surface area contributed by atoms with Crippen molar-refractivity contribution in [2.24, 2.45) is 0 Å². The Labute approximate surface area is 131 Å². The largest absolute Gasteiger partial charge is 0.497 e. The van der Waals surface area contributed by atoms with Crippen LogP contribution in [0.4, 0.5) is 0 Å². The second kappa shape index (κ2) is 5.75. The number of carbonyl (C=O) groups is 1. The number of carbonyl (C=O) groups excluding carboxylic acids is 1. The van der Waals surface area contributed by atoms with E-state index in [9.17, 15) is 4.79 Å². The molecule has 1 aliphatic rings. The lowest BCUT2D eigenvalue weighted by atomic mass is 10.3. The van der Waals surface area contributed by atoms with E-state index in [0.717, 1.165) is 17.0 Å². The molecule has 6 heteroatoms. The molecule has 21 heavy (non-hydrogen) atoms. The Morgan fingerprint density at radius 1 is 1.29 bits per heavy atom. The van der Waals surface area contributed by atoms with E-state index in [1.807, 2.05) is 53.4 Å². The molecule has 0 aliphatic carbocycles. The first kappa shape index (κ1) is 13.9. The summed E-state index contributed by atoms with van der Waals surface area (Å²) >= 11 is 6.25. The number of rotatable bonds is 3. The minimum atomic E-state index is -0.137. The number of benzene rings is 1. The third-order valence-corrected chi connectivity index (χ3v) is 4.19. The average Bonchev–Trinajstić information content (AvgIpc) is 3.07. The van der Waals surface area contributed by atoms with Gasteiger partial charge in [0.05, 0.1) is 12.0 Å². The van der Waals surface area contributed by atoms with Gasteiger partial charge in [-0.15, -0.1) is 0 Å². The Hall–Kier alpha value is -2.05. The van der Waals surface area contributed by atoms with Gasteiger partial charge >= 0.3 is 0 Å². The summed E-state index contributed by atoms with van der Waals surface area (Å²) in [7, 11) is 1.64. The molecule has 4 nitrogen and oxygen atoms in total. The Kier molecular flexibility index (Phi) is 3.81. The van der Waals surface area contributed by atoms with Gasteiger partial charge in [-0.1, -0.05) is 24.0 Å². The van der Waals surface area contributed by atoms with Crippen LogP contribution in [0.5, 0.6) is 5.75 Å². The summed E-state index contributed by atoms with van der Waals surface area (Å²) in [6, 6.07) is 9.72. The third kappa shape index (κ3) is 3.01. The molecule has 0 unspecified atom stereocenters. The zero-order chi connectivity index (χ0) is 14.8. The first-order valence-electron chi connectivity index (χ1n) is 6.23. The van der Waals surface area contributed by atoms with Crippen molar-refractivity contribution >= 4 is 40.3 Å². The van der Waals surface area contributed by atoms with Crippen LogP contribution in [0.3, 0.4) is 0 Å². The van der Waals surface area contributed by atoms with E-state index in [0.29, 0.717) is 9.23 Å². The van der Waals surface area contributed by atoms with Crippen molar-refractivity contribution in [2.75, 3.05) is 7.11 Å². The molecule has 3 rings (SSSR count). The van der Waals surface area contributed by atoms with Crippen LogP contribution in [0.15, 0.2) is 47.6 Å². The quantitative estimate of drug-likeness (QED) is 0.698. The van der Waals surface area contributed by atoms with Crippen molar-refractivity contribution in [2.45, 2.75) is 0 Å². The van der Waals surface area contributed by atoms with Crippen LogP contribution < -0.4 is 10.1 Å². The van der Waals surface area contributed by atoms with Crippen molar-refractivity contribution in [3.8, 4) is 11.4 Å². The van der Waals surface area contributed by atoms with Crippen molar-refractivity contribution in [1.82, 2.24) is 9.88 Å². The molecule has 0 radical (unpaired) electrons. The van der Waals surface area contributed by atoms with E-state index in [1.54, 1.807) is 7.11 Å². The molecule has 1 aliphatic heterocycles. The monoisotopic (exact) mass is 316 g/mol. The highest BCUT2D eigenvalue weighted by molar-refractivity contribution is 8.26. The van der Waals surface area contributed by atoms with Gasteiger partial charge in [0.2, 0.25) is 0 Å². The van der Waals surface area contributed by atoms with Gasteiger partial charge in [0.1, 0.15) is 10.1 Å². The predicted molar refractivity (Wildman–Crippen MR) is 88.6 cm³/mol. The van der Waals surface area contributed by atoms with E-state index >= 15 is 0 Å². The number of nitrogens with zero attached hydrogens (tertiary/aromatic N) is 1. The van der Waals surface area contributed by atoms with Gasteiger partial charge in [-0.2, -0.15) is 0 Å². The maximum atomic E-state index is 11.6. The highest BCUT2D eigenvalue weighted by Crippen LogP contribution is 2.26. The molecule has 1 aromatic heterocycles. The lowest BCUT2D eigenvalue weighted by Crippen LogP contribution is -2.17. The molecule has 1 aromatic carbocycles. The fourth-order valence-corrected chi connectivity index (χ4v) is 3.03. The SMILES string of the molecule is COc1ccc(-n2ccc(/C=C3\SC(=S)NC3=O)c2)cc1. The number of aromatic nitrogens is 1. The van der Waals surface area contributed by atoms with Gasteiger partial charge in [-0.25, -0.2) is 0 Å². The average molecular weight is 316 g/mol. The standard InChI is InChI=1S/C15H12N2O2S2/c1-19-12-4-2-11(3-5-12)17-7-6-10(9-17)8-13-14(18)16-15(20)21-13/h2-9H,1H3,(H,16,18,20)/b13-8-. The first-order valence-corrected chi connectivity index (χ1v) is 7.45. The van der Waals surface area contributed by atoms with Crippen LogP contribution in [0.1, 0.15) is 5.56 Å². The van der Waals surface area contributed by atoms with Crippen molar-refractivity contribution < 1.29 is 9.53 Å².